The molecule has 7 heteroatoms. The Morgan fingerprint density at radius 2 is 1.73 bits per heavy atom. The molecule has 0 atom stereocenters. The van der Waals surface area contributed by atoms with Crippen LogP contribution >= 0.6 is 23.4 Å². The van der Waals surface area contributed by atoms with Gasteiger partial charge >= 0.3 is 0 Å². The molecule has 0 spiro atoms. The molecule has 0 radical (unpaired) electrons. The van der Waals surface area contributed by atoms with Crippen molar-refractivity contribution < 1.29 is 14.3 Å². The van der Waals surface area contributed by atoms with Crippen molar-refractivity contribution in [3.05, 3.63) is 88.6 Å². The Hall–Kier alpha value is -2.54. The van der Waals surface area contributed by atoms with Crippen molar-refractivity contribution in [3.8, 4) is 5.88 Å². The maximum absolute atomic E-state index is 12.4. The fraction of sp³-hybridized carbons (Fsp3) is 0.217. The molecule has 1 heterocycles. The lowest BCUT2D eigenvalue weighted by atomic mass is 10.1. The van der Waals surface area contributed by atoms with E-state index in [2.05, 4.69) is 10.3 Å². The van der Waals surface area contributed by atoms with Crippen LogP contribution in [0.15, 0.2) is 71.8 Å². The molecular weight excluding hydrogens is 420 g/mol. The number of nitrogens with zero attached hydrogens (tertiary/aromatic N) is 1. The zero-order valence-electron chi connectivity index (χ0n) is 16.6. The van der Waals surface area contributed by atoms with E-state index in [0.29, 0.717) is 31.2 Å². The average Bonchev–Trinajstić information content (AvgIpc) is 2.78. The van der Waals surface area contributed by atoms with Crippen LogP contribution in [0, 0.1) is 0 Å². The topological polar surface area (TPSA) is 60.5 Å². The molecular formula is C23H23ClN2O3S. The van der Waals surface area contributed by atoms with E-state index < -0.39 is 0 Å². The first-order chi connectivity index (χ1) is 14.6. The monoisotopic (exact) mass is 442 g/mol. The lowest BCUT2D eigenvalue weighted by molar-refractivity contribution is 0.0951. The highest BCUT2D eigenvalue weighted by Gasteiger charge is 2.06. The molecule has 0 unspecified atom stereocenters. The Morgan fingerprint density at radius 3 is 2.40 bits per heavy atom. The van der Waals surface area contributed by atoms with E-state index in [0.717, 1.165) is 26.8 Å². The molecule has 2 aromatic carbocycles. The quantitative estimate of drug-likeness (QED) is 0.354. The van der Waals surface area contributed by atoms with Gasteiger partial charge < -0.3 is 14.8 Å². The van der Waals surface area contributed by atoms with Crippen LogP contribution in [0.1, 0.15) is 21.5 Å². The Morgan fingerprint density at radius 1 is 1.00 bits per heavy atom. The lowest BCUT2D eigenvalue weighted by Gasteiger charge is -2.08. The van der Waals surface area contributed by atoms with E-state index in [1.807, 2.05) is 54.6 Å². The van der Waals surface area contributed by atoms with E-state index in [9.17, 15) is 4.79 Å². The van der Waals surface area contributed by atoms with Crippen molar-refractivity contribution in [1.82, 2.24) is 10.3 Å². The Labute approximate surface area is 185 Å². The van der Waals surface area contributed by atoms with Crippen molar-refractivity contribution in [2.24, 2.45) is 0 Å². The number of hydrogen-bond acceptors (Lipinski definition) is 5. The molecule has 3 rings (SSSR count). The molecule has 0 saturated heterocycles. The van der Waals surface area contributed by atoms with Gasteiger partial charge in [0.05, 0.1) is 6.61 Å². The number of thioether (sulfide) groups is 1. The number of amides is 1. The summed E-state index contributed by atoms with van der Waals surface area (Å²) < 4.78 is 10.4. The van der Waals surface area contributed by atoms with Gasteiger partial charge in [0, 0.05) is 47.2 Å². The second kappa shape index (κ2) is 11.6. The molecule has 1 N–H and O–H groups in total. The van der Waals surface area contributed by atoms with Crippen LogP contribution in [-0.2, 0) is 17.0 Å². The Balaban J connectivity index is 1.45. The van der Waals surface area contributed by atoms with E-state index in [1.165, 1.54) is 0 Å². The van der Waals surface area contributed by atoms with E-state index in [4.69, 9.17) is 21.1 Å². The number of halogens is 1. The summed E-state index contributed by atoms with van der Waals surface area (Å²) in [6, 6.07) is 19.1. The third kappa shape index (κ3) is 7.06. The summed E-state index contributed by atoms with van der Waals surface area (Å²) >= 11 is 7.64. The number of rotatable bonds is 10. The number of aromatic nitrogens is 1. The van der Waals surface area contributed by atoms with E-state index in [1.54, 1.807) is 31.1 Å². The molecule has 0 saturated carbocycles. The van der Waals surface area contributed by atoms with Gasteiger partial charge in [-0.05, 0) is 47.5 Å². The SMILES string of the molecule is COCCOc1ccc(CNC(=O)c2ccc(CSc3ccc(Cl)cc3)cc2)cn1. The average molecular weight is 443 g/mol. The van der Waals surface area contributed by atoms with Crippen LogP contribution in [0.4, 0.5) is 0 Å². The normalized spacial score (nSPS) is 10.6. The number of carbonyl (C=O) groups excluding carboxylic acids is 1. The summed E-state index contributed by atoms with van der Waals surface area (Å²) in [6.07, 6.45) is 1.69. The Bertz CT molecular complexity index is 932. The van der Waals surface area contributed by atoms with Gasteiger partial charge in [0.2, 0.25) is 5.88 Å². The third-order valence-corrected chi connectivity index (χ3v) is 5.56. The van der Waals surface area contributed by atoms with E-state index in [-0.39, 0.29) is 5.91 Å². The van der Waals surface area contributed by atoms with Gasteiger partial charge in [0.15, 0.2) is 0 Å². The van der Waals surface area contributed by atoms with Crippen molar-refractivity contribution in [2.45, 2.75) is 17.2 Å². The van der Waals surface area contributed by atoms with Crippen LogP contribution in [0.3, 0.4) is 0 Å². The van der Waals surface area contributed by atoms with Crippen molar-refractivity contribution in [2.75, 3.05) is 20.3 Å². The van der Waals surface area contributed by atoms with Crippen LogP contribution < -0.4 is 10.1 Å². The van der Waals surface area contributed by atoms with Crippen molar-refractivity contribution >= 4 is 29.3 Å². The first-order valence-electron chi connectivity index (χ1n) is 9.46. The Kier molecular flexibility index (Phi) is 8.56. The minimum Gasteiger partial charge on any atom is -0.475 e. The first kappa shape index (κ1) is 22.2. The zero-order valence-corrected chi connectivity index (χ0v) is 18.2. The molecule has 0 aliphatic heterocycles. The fourth-order valence-corrected chi connectivity index (χ4v) is 3.54. The zero-order chi connectivity index (χ0) is 21.2. The van der Waals surface area contributed by atoms with Crippen LogP contribution in [-0.4, -0.2) is 31.2 Å². The molecule has 0 fully saturated rings. The fourth-order valence-electron chi connectivity index (χ4n) is 2.56. The highest BCUT2D eigenvalue weighted by Crippen LogP contribution is 2.24. The number of ether oxygens (including phenoxy) is 2. The molecule has 3 aromatic rings. The minimum atomic E-state index is -0.118. The first-order valence-corrected chi connectivity index (χ1v) is 10.8. The van der Waals surface area contributed by atoms with Gasteiger partial charge in [-0.2, -0.15) is 0 Å². The predicted octanol–water partition coefficient (Wildman–Crippen LogP) is 4.98. The predicted molar refractivity (Wildman–Crippen MR) is 120 cm³/mol. The molecule has 0 aliphatic carbocycles. The maximum atomic E-state index is 12.4. The summed E-state index contributed by atoms with van der Waals surface area (Å²) in [6.45, 7) is 1.37. The molecule has 156 valence electrons. The summed E-state index contributed by atoms with van der Waals surface area (Å²) in [5.74, 6) is 1.25. The molecule has 0 bridgehead atoms. The van der Waals surface area contributed by atoms with Crippen LogP contribution in [0.2, 0.25) is 5.02 Å². The number of carbonyl (C=O) groups is 1. The van der Waals surface area contributed by atoms with Gasteiger partial charge in [0.1, 0.15) is 6.61 Å². The summed E-state index contributed by atoms with van der Waals surface area (Å²) in [4.78, 5) is 17.8. The van der Waals surface area contributed by atoms with Gasteiger partial charge in [-0.15, -0.1) is 11.8 Å². The number of hydrogen-bond donors (Lipinski definition) is 1. The standard InChI is InChI=1S/C23H23ClN2O3S/c1-28-12-13-29-22-11-4-18(14-25-22)15-26-23(27)19-5-2-17(3-6-19)16-30-21-9-7-20(24)8-10-21/h2-11,14H,12-13,15-16H2,1H3,(H,26,27). The highest BCUT2D eigenvalue weighted by atomic mass is 35.5. The highest BCUT2D eigenvalue weighted by molar-refractivity contribution is 7.98. The lowest BCUT2D eigenvalue weighted by Crippen LogP contribution is -2.22. The molecule has 1 aromatic heterocycles. The largest absolute Gasteiger partial charge is 0.475 e. The second-order valence-electron chi connectivity index (χ2n) is 6.47. The minimum absolute atomic E-state index is 0.118. The molecule has 1 amide bonds. The van der Waals surface area contributed by atoms with E-state index >= 15 is 0 Å². The smallest absolute Gasteiger partial charge is 0.251 e. The maximum Gasteiger partial charge on any atom is 0.251 e. The number of pyridine rings is 1. The summed E-state index contributed by atoms with van der Waals surface area (Å²) in [5, 5.41) is 3.65. The van der Waals surface area contributed by atoms with Crippen molar-refractivity contribution in [1.29, 1.82) is 0 Å². The third-order valence-electron chi connectivity index (χ3n) is 4.22. The van der Waals surface area contributed by atoms with Crippen LogP contribution in [0.5, 0.6) is 5.88 Å². The molecule has 0 aliphatic rings. The van der Waals surface area contributed by atoms with Gasteiger partial charge in [-0.3, -0.25) is 4.79 Å². The summed E-state index contributed by atoms with van der Waals surface area (Å²) in [7, 11) is 1.62. The van der Waals surface area contributed by atoms with Crippen molar-refractivity contribution in [3.63, 3.8) is 0 Å². The summed E-state index contributed by atoms with van der Waals surface area (Å²) in [5.41, 5.74) is 2.68. The van der Waals surface area contributed by atoms with Gasteiger partial charge in [-0.1, -0.05) is 29.8 Å². The van der Waals surface area contributed by atoms with Gasteiger partial charge in [0.25, 0.3) is 5.91 Å². The number of benzene rings is 2. The van der Waals surface area contributed by atoms with Gasteiger partial charge in [-0.25, -0.2) is 4.98 Å². The number of nitrogens with one attached hydrogen (secondary N) is 1. The van der Waals surface area contributed by atoms with Crippen LogP contribution in [0.25, 0.3) is 0 Å². The molecule has 5 nitrogen and oxygen atoms in total. The number of methoxy groups -OCH3 is 1. The second-order valence-corrected chi connectivity index (χ2v) is 7.95. The molecule has 30 heavy (non-hydrogen) atoms.